The van der Waals surface area contributed by atoms with Crippen molar-refractivity contribution in [3.8, 4) is 55.6 Å². The van der Waals surface area contributed by atoms with E-state index in [1.807, 2.05) is 0 Å². The first-order valence-electron chi connectivity index (χ1n) is 25.0. The van der Waals surface area contributed by atoms with Crippen LogP contribution in [0.5, 0.6) is 0 Å². The number of hydrogen-bond acceptors (Lipinski definition) is 1. The minimum atomic E-state index is -0.538. The van der Waals surface area contributed by atoms with Gasteiger partial charge in [0.2, 0.25) is 0 Å². The van der Waals surface area contributed by atoms with E-state index in [9.17, 15) is 0 Å². The van der Waals surface area contributed by atoms with Gasteiger partial charge < -0.3 is 4.90 Å². The summed E-state index contributed by atoms with van der Waals surface area (Å²) in [5.74, 6) is 0. The number of para-hydroxylation sites is 1. The average Bonchev–Trinajstić information content (AvgIpc) is 3.99. The molecule has 0 radical (unpaired) electrons. The first kappa shape index (κ1) is 40.1. The van der Waals surface area contributed by atoms with E-state index in [1.54, 1.807) is 0 Å². The molecule has 332 valence electrons. The summed E-state index contributed by atoms with van der Waals surface area (Å²) >= 11 is 0. The summed E-state index contributed by atoms with van der Waals surface area (Å²) in [5, 5.41) is 7.55. The van der Waals surface area contributed by atoms with Crippen molar-refractivity contribution in [2.24, 2.45) is 0 Å². The van der Waals surface area contributed by atoms with Crippen LogP contribution in [0.4, 0.5) is 17.1 Å². The summed E-state index contributed by atoms with van der Waals surface area (Å²) in [6.45, 7) is 4.85. The van der Waals surface area contributed by atoms with Gasteiger partial charge in [0.05, 0.1) is 16.8 Å². The molecule has 12 aromatic carbocycles. The van der Waals surface area contributed by atoms with Crippen LogP contribution < -0.4 is 4.90 Å². The molecule has 71 heavy (non-hydrogen) atoms. The van der Waals surface area contributed by atoms with E-state index in [2.05, 4.69) is 267 Å². The van der Waals surface area contributed by atoms with Crippen molar-refractivity contribution >= 4 is 49.4 Å². The van der Waals surface area contributed by atoms with Gasteiger partial charge in [-0.15, -0.1) is 0 Å². The van der Waals surface area contributed by atoms with E-state index in [1.165, 1.54) is 121 Å². The first-order chi connectivity index (χ1) is 35.0. The van der Waals surface area contributed by atoms with Crippen molar-refractivity contribution in [3.05, 3.63) is 282 Å². The maximum Gasteiger partial charge on any atom is 0.0726 e. The molecule has 12 aromatic rings. The maximum absolute atomic E-state index is 2.61. The highest BCUT2D eigenvalue weighted by molar-refractivity contribution is 6.26. The maximum atomic E-state index is 2.61. The monoisotopic (exact) mass is 901 g/mol. The summed E-state index contributed by atoms with van der Waals surface area (Å²) in [4.78, 5) is 2.61. The van der Waals surface area contributed by atoms with E-state index in [-0.39, 0.29) is 5.41 Å². The molecule has 15 rings (SSSR count). The Morgan fingerprint density at radius 3 is 1.31 bits per heavy atom. The molecule has 0 aromatic heterocycles. The van der Waals surface area contributed by atoms with Gasteiger partial charge in [-0.3, -0.25) is 0 Å². The number of benzene rings is 12. The summed E-state index contributed by atoms with van der Waals surface area (Å²) in [6.07, 6.45) is 0. The van der Waals surface area contributed by atoms with Crippen LogP contribution >= 0.6 is 0 Å². The number of nitrogens with zero attached hydrogens (tertiary/aromatic N) is 1. The molecule has 0 heterocycles. The smallest absolute Gasteiger partial charge is 0.0726 e. The average molecular weight is 902 g/mol. The minimum Gasteiger partial charge on any atom is -0.309 e. The van der Waals surface area contributed by atoms with E-state index < -0.39 is 5.41 Å². The Balaban J connectivity index is 1.12. The van der Waals surface area contributed by atoms with Gasteiger partial charge in [-0.05, 0) is 141 Å². The van der Waals surface area contributed by atoms with Crippen molar-refractivity contribution in [3.63, 3.8) is 0 Å². The Hall–Kier alpha value is -8.78. The van der Waals surface area contributed by atoms with E-state index in [0.29, 0.717) is 0 Å². The quantitative estimate of drug-likeness (QED) is 0.156. The molecular formula is C70H47N. The van der Waals surface area contributed by atoms with Gasteiger partial charge in [-0.25, -0.2) is 0 Å². The molecule has 0 N–H and O–H groups in total. The van der Waals surface area contributed by atoms with Crippen LogP contribution in [0, 0.1) is 0 Å². The molecule has 3 aliphatic carbocycles. The zero-order valence-electron chi connectivity index (χ0n) is 39.6. The Labute approximate surface area is 414 Å². The van der Waals surface area contributed by atoms with Crippen molar-refractivity contribution in [1.29, 1.82) is 0 Å². The van der Waals surface area contributed by atoms with E-state index in [0.717, 1.165) is 17.1 Å². The molecule has 1 nitrogen and oxygen atoms in total. The van der Waals surface area contributed by atoms with Crippen LogP contribution in [0.3, 0.4) is 0 Å². The van der Waals surface area contributed by atoms with Gasteiger partial charge >= 0.3 is 0 Å². The highest BCUT2D eigenvalue weighted by atomic mass is 15.1. The van der Waals surface area contributed by atoms with Crippen molar-refractivity contribution in [2.45, 2.75) is 24.7 Å². The van der Waals surface area contributed by atoms with Gasteiger partial charge in [0, 0.05) is 22.2 Å². The van der Waals surface area contributed by atoms with Gasteiger partial charge in [0.15, 0.2) is 0 Å². The second kappa shape index (κ2) is 14.9. The molecule has 0 aliphatic heterocycles. The number of hydrogen-bond donors (Lipinski definition) is 0. The SMILES string of the molecule is CC1(C)c2ccccc2-c2cccc(-c3cc4c(cc3N(c3ccc5c6ccccc6c6ccccc6c5c3)c3ccccc3-c3ccccc3)C3(c5ccccc5-c5ccccc53)c3ccccc3-4)c21. The second-order valence-electron chi connectivity index (χ2n) is 20.2. The standard InChI is InChI=1S/C70H47N/c1-69(2)61-34-15-10-30-54(61)56-32-20-33-57(68(56)69)60-42-59-55-31-13-18-37-64(55)70(62-35-16-11-28-52(62)53-29-12-17-36-63(53)70)65(59)43-67(60)71(66-38-19-14-23-46(66)44-21-4-3-5-22-44)45-39-40-51-49-26-7-6-24-47(49)48-25-8-9-27-50(48)58(51)41-45/h3-43H,1-2H3. The Kier molecular flexibility index (Phi) is 8.40. The molecule has 0 saturated heterocycles. The minimum absolute atomic E-state index is 0.253. The van der Waals surface area contributed by atoms with Crippen molar-refractivity contribution in [1.82, 2.24) is 0 Å². The fourth-order valence-electron chi connectivity index (χ4n) is 13.6. The van der Waals surface area contributed by atoms with Crippen LogP contribution in [0.15, 0.2) is 249 Å². The molecule has 1 spiro atoms. The lowest BCUT2D eigenvalue weighted by atomic mass is 9.70. The van der Waals surface area contributed by atoms with E-state index in [4.69, 9.17) is 0 Å². The summed E-state index contributed by atoms with van der Waals surface area (Å²) in [6, 6.07) is 93.9. The predicted octanol–water partition coefficient (Wildman–Crippen LogP) is 18.6. The highest BCUT2D eigenvalue weighted by Crippen LogP contribution is 2.65. The van der Waals surface area contributed by atoms with E-state index >= 15 is 0 Å². The van der Waals surface area contributed by atoms with Crippen molar-refractivity contribution in [2.75, 3.05) is 4.90 Å². The zero-order chi connectivity index (χ0) is 47.0. The van der Waals surface area contributed by atoms with Crippen LogP contribution in [0.1, 0.15) is 47.2 Å². The summed E-state index contributed by atoms with van der Waals surface area (Å²) < 4.78 is 0. The fraction of sp³-hybridized carbons (Fsp3) is 0.0571. The molecule has 0 bridgehead atoms. The molecule has 1 heteroatoms. The Morgan fingerprint density at radius 1 is 0.268 bits per heavy atom. The predicted molar refractivity (Wildman–Crippen MR) is 298 cm³/mol. The topological polar surface area (TPSA) is 3.24 Å². The largest absolute Gasteiger partial charge is 0.309 e. The van der Waals surface area contributed by atoms with Gasteiger partial charge in [-0.2, -0.15) is 0 Å². The number of fused-ring (bicyclic) bond motifs is 19. The lowest BCUT2D eigenvalue weighted by molar-refractivity contribution is 0.662. The number of anilines is 3. The first-order valence-corrected chi connectivity index (χ1v) is 25.0. The van der Waals surface area contributed by atoms with Gasteiger partial charge in [0.25, 0.3) is 0 Å². The zero-order valence-corrected chi connectivity index (χ0v) is 39.6. The second-order valence-corrected chi connectivity index (χ2v) is 20.2. The molecule has 0 unspecified atom stereocenters. The molecule has 0 saturated carbocycles. The molecule has 0 fully saturated rings. The van der Waals surface area contributed by atoms with Gasteiger partial charge in [0.1, 0.15) is 0 Å². The van der Waals surface area contributed by atoms with Crippen LogP contribution in [0.2, 0.25) is 0 Å². The Bertz CT molecular complexity index is 4130. The van der Waals surface area contributed by atoms with Crippen LogP contribution in [-0.4, -0.2) is 0 Å². The molecular weight excluding hydrogens is 855 g/mol. The van der Waals surface area contributed by atoms with Crippen LogP contribution in [0.25, 0.3) is 88.0 Å². The lowest BCUT2D eigenvalue weighted by Crippen LogP contribution is -2.26. The summed E-state index contributed by atoms with van der Waals surface area (Å²) in [7, 11) is 0. The summed E-state index contributed by atoms with van der Waals surface area (Å²) in [5.41, 5.74) is 23.2. The Morgan fingerprint density at radius 2 is 0.704 bits per heavy atom. The number of rotatable bonds is 5. The third-order valence-electron chi connectivity index (χ3n) is 16.4. The highest BCUT2D eigenvalue weighted by Gasteiger charge is 2.52. The molecule has 0 amide bonds. The van der Waals surface area contributed by atoms with Gasteiger partial charge in [-0.1, -0.05) is 232 Å². The third kappa shape index (κ3) is 5.41. The third-order valence-corrected chi connectivity index (χ3v) is 16.4. The van der Waals surface area contributed by atoms with Crippen LogP contribution in [-0.2, 0) is 10.8 Å². The lowest BCUT2D eigenvalue weighted by Gasteiger charge is -2.35. The fourth-order valence-corrected chi connectivity index (χ4v) is 13.6. The van der Waals surface area contributed by atoms with Crippen molar-refractivity contribution < 1.29 is 0 Å². The molecule has 3 aliphatic rings. The molecule has 0 atom stereocenters. The normalized spacial score (nSPS) is 14.0.